The monoisotopic (exact) mass is 689 g/mol. The summed E-state index contributed by atoms with van der Waals surface area (Å²) in [6.45, 7) is -0.408. The number of carboxylic acids is 2. The molecule has 4 N–H and O–H groups in total. The zero-order valence-electron chi connectivity index (χ0n) is 22.2. The summed E-state index contributed by atoms with van der Waals surface area (Å²) in [5.41, 5.74) is -0.835. The second kappa shape index (κ2) is 13.9. The number of aryl methyl sites for hydroxylation is 1. The van der Waals surface area contributed by atoms with Gasteiger partial charge in [0.05, 0.1) is 13.0 Å². The predicted octanol–water partition coefficient (Wildman–Crippen LogP) is -0.0101. The van der Waals surface area contributed by atoms with Crippen LogP contribution in [0.4, 0.5) is 18.3 Å². The van der Waals surface area contributed by atoms with Crippen LogP contribution in [-0.4, -0.2) is 111 Å². The number of aromatic nitrogens is 5. The second-order valence-electron chi connectivity index (χ2n) is 8.64. The van der Waals surface area contributed by atoms with E-state index in [1.165, 1.54) is 4.68 Å². The van der Waals surface area contributed by atoms with Gasteiger partial charge in [-0.1, -0.05) is 22.8 Å². The first-order valence-electron chi connectivity index (χ1n) is 12.1. The van der Waals surface area contributed by atoms with Gasteiger partial charge in [-0.2, -0.15) is 13.2 Å². The van der Waals surface area contributed by atoms with Crippen molar-refractivity contribution in [1.82, 2.24) is 35.4 Å². The number of thiazole rings is 1. The van der Waals surface area contributed by atoms with Crippen molar-refractivity contribution >= 4 is 75.4 Å². The van der Waals surface area contributed by atoms with Crippen LogP contribution in [0.15, 0.2) is 27.0 Å². The summed E-state index contributed by atoms with van der Waals surface area (Å²) in [5.74, 6) is -4.29. The fourth-order valence-corrected chi connectivity index (χ4v) is 6.82. The number of fused-ring (bicyclic) bond motifs is 1. The normalized spacial score (nSPS) is 18.0. The third-order valence-corrected chi connectivity index (χ3v) is 8.83. The smallest absolute Gasteiger partial charge is 0.471 e. The Morgan fingerprint density at radius 1 is 1.29 bits per heavy atom. The number of anilines is 1. The topological polar surface area (TPSA) is 231 Å². The number of tetrazole rings is 1. The Morgan fingerprint density at radius 3 is 2.71 bits per heavy atom. The largest absolute Gasteiger partial charge is 0.481 e. The average molecular weight is 690 g/mol. The molecule has 1 saturated heterocycles. The molecule has 2 aliphatic rings. The van der Waals surface area contributed by atoms with Gasteiger partial charge in [-0.05, 0) is 16.0 Å². The lowest BCUT2D eigenvalue weighted by Gasteiger charge is -2.49. The number of hydrogen-bond acceptors (Lipinski definition) is 14. The number of thioether (sulfide) groups is 2. The average Bonchev–Trinajstić information content (AvgIpc) is 3.63. The van der Waals surface area contributed by atoms with Gasteiger partial charge in [0.15, 0.2) is 17.5 Å². The van der Waals surface area contributed by atoms with Crippen molar-refractivity contribution in [3.8, 4) is 12.3 Å². The Bertz CT molecular complexity index is 1630. The van der Waals surface area contributed by atoms with Gasteiger partial charge in [0, 0.05) is 16.9 Å². The molecule has 1 unspecified atom stereocenters. The van der Waals surface area contributed by atoms with Gasteiger partial charge in [-0.3, -0.25) is 29.4 Å². The molecular weight excluding hydrogens is 671 g/mol. The van der Waals surface area contributed by atoms with E-state index in [1.54, 1.807) is 5.32 Å². The molecule has 2 aromatic rings. The fraction of sp³-hybridized carbons (Fsp3) is 0.364. The Morgan fingerprint density at radius 2 is 2.04 bits per heavy atom. The number of halogens is 3. The number of terminal acetylenes is 1. The molecule has 2 aromatic heterocycles. The Balaban J connectivity index is 1.47. The Kier molecular flexibility index (Phi) is 10.3. The molecule has 0 aliphatic carbocycles. The number of carbonyl (C=O) groups excluding carboxylic acids is 3. The highest BCUT2D eigenvalue weighted by atomic mass is 32.2. The number of nitrogens with one attached hydrogen (secondary N) is 2. The Labute approximate surface area is 261 Å². The summed E-state index contributed by atoms with van der Waals surface area (Å²) in [4.78, 5) is 70.1. The van der Waals surface area contributed by atoms with Gasteiger partial charge in [0.25, 0.3) is 11.8 Å². The summed E-state index contributed by atoms with van der Waals surface area (Å²) in [6, 6.07) is -1.23. The Hall–Kier alpha value is -4.69. The molecule has 4 heterocycles. The number of oxime groups is 1. The minimum absolute atomic E-state index is 0.0121. The van der Waals surface area contributed by atoms with Gasteiger partial charge in [0.1, 0.15) is 22.8 Å². The second-order valence-corrected chi connectivity index (χ2v) is 11.5. The molecule has 238 valence electrons. The van der Waals surface area contributed by atoms with E-state index < -0.39 is 64.7 Å². The van der Waals surface area contributed by atoms with Crippen LogP contribution in [0.2, 0.25) is 0 Å². The van der Waals surface area contributed by atoms with Crippen molar-refractivity contribution in [2.45, 2.75) is 35.7 Å². The van der Waals surface area contributed by atoms with Gasteiger partial charge < -0.3 is 20.4 Å². The third-order valence-electron chi connectivity index (χ3n) is 5.69. The fourth-order valence-electron chi connectivity index (χ4n) is 3.74. The molecule has 0 bridgehead atoms. The van der Waals surface area contributed by atoms with Crippen molar-refractivity contribution in [3.05, 3.63) is 22.3 Å². The van der Waals surface area contributed by atoms with Crippen LogP contribution in [0.1, 0.15) is 12.1 Å². The van der Waals surface area contributed by atoms with Crippen LogP contribution in [0.25, 0.3) is 0 Å². The third kappa shape index (κ3) is 7.70. The quantitative estimate of drug-likeness (QED) is 0.0541. The van der Waals surface area contributed by atoms with Crippen LogP contribution < -0.4 is 10.6 Å². The number of nitrogens with zero attached hydrogens (tertiary/aromatic N) is 7. The molecule has 1 fully saturated rings. The van der Waals surface area contributed by atoms with Crippen LogP contribution in [0.3, 0.4) is 0 Å². The van der Waals surface area contributed by atoms with Crippen molar-refractivity contribution in [2.24, 2.45) is 5.16 Å². The van der Waals surface area contributed by atoms with Crippen LogP contribution in [0, 0.1) is 12.3 Å². The number of hydrogen-bond donors (Lipinski definition) is 4. The molecule has 0 saturated carbocycles. The lowest BCUT2D eigenvalue weighted by molar-refractivity contribution is -0.167. The molecular formula is C22H18F3N9O8S3. The highest BCUT2D eigenvalue weighted by Gasteiger charge is 2.54. The molecule has 23 heteroatoms. The van der Waals surface area contributed by atoms with E-state index in [0.29, 0.717) is 16.9 Å². The summed E-state index contributed by atoms with van der Waals surface area (Å²) < 4.78 is 39.1. The van der Waals surface area contributed by atoms with Crippen LogP contribution in [-0.2, 0) is 35.4 Å². The molecule has 17 nitrogen and oxygen atoms in total. The van der Waals surface area contributed by atoms with Gasteiger partial charge >= 0.3 is 24.0 Å². The van der Waals surface area contributed by atoms with Crippen molar-refractivity contribution in [3.63, 3.8) is 0 Å². The van der Waals surface area contributed by atoms with E-state index in [4.69, 9.17) is 16.4 Å². The summed E-state index contributed by atoms with van der Waals surface area (Å²) >= 11 is 2.75. The molecule has 0 spiro atoms. The zero-order valence-corrected chi connectivity index (χ0v) is 24.6. The molecule has 2 aliphatic heterocycles. The lowest BCUT2D eigenvalue weighted by atomic mass is 10.0. The van der Waals surface area contributed by atoms with E-state index in [9.17, 15) is 42.3 Å². The maximum Gasteiger partial charge on any atom is 0.471 e. The number of β-lactam (4-membered cyclic amide) rings is 1. The summed E-state index contributed by atoms with van der Waals surface area (Å²) in [7, 11) is 0. The van der Waals surface area contributed by atoms with Crippen LogP contribution in [0.5, 0.6) is 0 Å². The zero-order chi connectivity index (χ0) is 32.9. The molecule has 2 atom stereocenters. The number of carbonyl (C=O) groups is 5. The minimum Gasteiger partial charge on any atom is -0.481 e. The maximum atomic E-state index is 13.1. The summed E-state index contributed by atoms with van der Waals surface area (Å²) in [6.07, 6.45) is -0.321. The first kappa shape index (κ1) is 33.2. The van der Waals surface area contributed by atoms with Crippen LogP contribution >= 0.6 is 34.9 Å². The summed E-state index contributed by atoms with van der Waals surface area (Å²) in [5, 5.41) is 37.4. The van der Waals surface area contributed by atoms with Gasteiger partial charge in [0.2, 0.25) is 5.16 Å². The first-order chi connectivity index (χ1) is 21.3. The van der Waals surface area contributed by atoms with Crippen molar-refractivity contribution in [2.75, 3.05) is 23.4 Å². The first-order valence-corrected chi connectivity index (χ1v) is 15.0. The molecule has 3 amide bonds. The van der Waals surface area contributed by atoms with E-state index in [-0.39, 0.29) is 41.0 Å². The molecule has 0 radical (unpaired) electrons. The number of aliphatic carboxylic acids is 2. The van der Waals surface area contributed by atoms with E-state index in [0.717, 1.165) is 33.8 Å². The van der Waals surface area contributed by atoms with Gasteiger partial charge in [-0.15, -0.1) is 34.6 Å². The highest BCUT2D eigenvalue weighted by molar-refractivity contribution is 8.01. The SMILES string of the molecule is C#CCO/N=C(/C(=O)NC1C(=O)N2C(C(=O)O)=C(CSc3nnnn3CCC(=O)O)CS[C@H]12)c1csc(NC(=O)C(F)(F)F)n1. The van der Waals surface area contributed by atoms with E-state index >= 15 is 0 Å². The predicted molar refractivity (Wildman–Crippen MR) is 149 cm³/mol. The number of alkyl halides is 3. The number of amides is 3. The maximum absolute atomic E-state index is 13.1. The standard InChI is InChI=1S/C22H18F3N9O8S3/c1-2-5-42-30-12(10-8-44-20(26-10)28-19(41)22(23,24)25)15(37)27-13-16(38)34-14(18(39)40)9(6-43-17(13)34)7-45-21-29-31-32-33(21)4-3-11(35)36/h1,8,13,17H,3-7H2,(H,27,37)(H,35,36)(H,39,40)(H,26,28,41)/b30-12+/t13?,17-/m1/s1. The van der Waals surface area contributed by atoms with E-state index in [1.807, 2.05) is 0 Å². The number of carboxylic acid groups (broad SMARTS) is 2. The molecule has 4 rings (SSSR count). The highest BCUT2D eigenvalue weighted by Crippen LogP contribution is 2.41. The van der Waals surface area contributed by atoms with Crippen molar-refractivity contribution in [1.29, 1.82) is 0 Å². The van der Waals surface area contributed by atoms with E-state index in [2.05, 4.69) is 36.9 Å². The number of rotatable bonds is 13. The molecule has 0 aromatic carbocycles. The minimum atomic E-state index is -5.19. The van der Waals surface area contributed by atoms with Gasteiger partial charge in [-0.25, -0.2) is 14.5 Å². The molecule has 45 heavy (non-hydrogen) atoms. The van der Waals surface area contributed by atoms with Crippen molar-refractivity contribution < 1.29 is 52.2 Å². The lowest BCUT2D eigenvalue weighted by Crippen LogP contribution is -2.71.